The van der Waals surface area contributed by atoms with Crippen molar-refractivity contribution in [2.75, 3.05) is 41.4 Å². The van der Waals surface area contributed by atoms with Crippen LogP contribution in [0.3, 0.4) is 0 Å². The third-order valence-corrected chi connectivity index (χ3v) is 14.6. The van der Waals surface area contributed by atoms with Crippen molar-refractivity contribution in [2.45, 2.75) is 111 Å². The molecule has 4 bridgehead atoms. The van der Waals surface area contributed by atoms with Crippen LogP contribution in [0.1, 0.15) is 73.6 Å². The smallest absolute Gasteiger partial charge is 0.310 e. The van der Waals surface area contributed by atoms with Gasteiger partial charge in [0.15, 0.2) is 35.2 Å². The van der Waals surface area contributed by atoms with Crippen LogP contribution in [0, 0.1) is 0 Å². The SMILES string of the molecule is COc1ccc2c3c1O[C@H]1C(OC(=O)CCCCC(=O)OC4=CC[C@@]5(O)[C@H]6Cc7ccc(OC)c8c7[C@@]5(CCN6C)[C@H]4O8)=CC[C@@]4(O)[C@@H](C2)N(C)CCC314. The van der Waals surface area contributed by atoms with Crippen LogP contribution >= 0.6 is 0 Å². The van der Waals surface area contributed by atoms with Crippen molar-refractivity contribution in [3.05, 3.63) is 70.2 Å². The summed E-state index contributed by atoms with van der Waals surface area (Å²) < 4.78 is 36.7. The average Bonchev–Trinajstić information content (AvgIpc) is 3.70. The summed E-state index contributed by atoms with van der Waals surface area (Å²) in [4.78, 5) is 31.1. The summed E-state index contributed by atoms with van der Waals surface area (Å²) in [5.74, 6) is 2.52. The van der Waals surface area contributed by atoms with E-state index in [1.165, 1.54) is 0 Å². The van der Waals surface area contributed by atoms with E-state index in [0.717, 1.165) is 35.3 Å². The Labute approximate surface area is 314 Å². The molecule has 0 aromatic heterocycles. The van der Waals surface area contributed by atoms with Gasteiger partial charge in [-0.05, 0) is 101 Å². The van der Waals surface area contributed by atoms with E-state index in [0.29, 0.717) is 85.9 Å². The number of piperidine rings is 2. The van der Waals surface area contributed by atoms with E-state index in [1.807, 2.05) is 24.3 Å². The summed E-state index contributed by atoms with van der Waals surface area (Å²) in [5.41, 5.74) is 0.592. The van der Waals surface area contributed by atoms with E-state index in [9.17, 15) is 19.8 Å². The van der Waals surface area contributed by atoms with Crippen LogP contribution in [0.4, 0.5) is 0 Å². The lowest BCUT2D eigenvalue weighted by molar-refractivity contribution is -0.169. The number of carbonyl (C=O) groups is 2. The Hall–Kier alpha value is -4.10. The first-order valence-corrected chi connectivity index (χ1v) is 19.4. The molecule has 4 aliphatic heterocycles. The molecule has 12 nitrogen and oxygen atoms in total. The van der Waals surface area contributed by atoms with E-state index in [2.05, 4.69) is 36.0 Å². The Balaban J connectivity index is 0.806. The normalized spacial score (nSPS) is 36.1. The maximum Gasteiger partial charge on any atom is 0.310 e. The van der Waals surface area contributed by atoms with Gasteiger partial charge >= 0.3 is 11.9 Å². The van der Waals surface area contributed by atoms with Crippen molar-refractivity contribution in [3.8, 4) is 23.0 Å². The number of ether oxygens (including phenoxy) is 6. The number of methoxy groups -OCH3 is 2. The van der Waals surface area contributed by atoms with Gasteiger partial charge in [0.1, 0.15) is 11.5 Å². The Morgan fingerprint density at radius 2 is 1.15 bits per heavy atom. The van der Waals surface area contributed by atoms with Crippen LogP contribution < -0.4 is 18.9 Å². The maximum absolute atomic E-state index is 13.3. The van der Waals surface area contributed by atoms with Gasteiger partial charge in [0.25, 0.3) is 0 Å². The first-order valence-electron chi connectivity index (χ1n) is 19.4. The maximum atomic E-state index is 13.3. The summed E-state index contributed by atoms with van der Waals surface area (Å²) in [7, 11) is 7.34. The van der Waals surface area contributed by atoms with Crippen molar-refractivity contribution in [3.63, 3.8) is 0 Å². The number of hydrogen-bond acceptors (Lipinski definition) is 12. The first-order chi connectivity index (χ1) is 26.0. The Morgan fingerprint density at radius 1 is 0.722 bits per heavy atom. The van der Waals surface area contributed by atoms with Gasteiger partial charge in [0.05, 0.1) is 36.3 Å². The Kier molecular flexibility index (Phi) is 7.46. The molecule has 4 heterocycles. The van der Waals surface area contributed by atoms with Crippen LogP contribution in [0.25, 0.3) is 0 Å². The molecule has 0 radical (unpaired) electrons. The quantitative estimate of drug-likeness (QED) is 0.287. The highest BCUT2D eigenvalue weighted by Crippen LogP contribution is 2.67. The summed E-state index contributed by atoms with van der Waals surface area (Å²) >= 11 is 0. The van der Waals surface area contributed by atoms with Crippen molar-refractivity contribution in [1.29, 1.82) is 0 Å². The fraction of sp³-hybridized carbons (Fsp3) is 0.571. The number of rotatable bonds is 9. The summed E-state index contributed by atoms with van der Waals surface area (Å²) in [6.45, 7) is 1.57. The number of likely N-dealkylation sites (N-methyl/N-ethyl adjacent to an activating group) is 2. The Morgan fingerprint density at radius 3 is 1.56 bits per heavy atom. The van der Waals surface area contributed by atoms with Gasteiger partial charge in [-0.3, -0.25) is 9.59 Å². The van der Waals surface area contributed by atoms with Gasteiger partial charge in [0, 0.05) is 48.9 Å². The topological polar surface area (TPSA) is 136 Å². The van der Waals surface area contributed by atoms with Gasteiger partial charge < -0.3 is 48.4 Å². The van der Waals surface area contributed by atoms with Crippen molar-refractivity contribution in [1.82, 2.24) is 9.80 Å². The molecule has 2 spiro atoms. The van der Waals surface area contributed by atoms with Gasteiger partial charge in [-0.1, -0.05) is 12.1 Å². The summed E-state index contributed by atoms with van der Waals surface area (Å²) in [6, 6.07) is 7.80. The monoisotopic (exact) mass is 740 g/mol. The second-order valence-corrected chi connectivity index (χ2v) is 16.7. The molecule has 2 fully saturated rings. The lowest BCUT2D eigenvalue weighted by Gasteiger charge is -2.61. The molecule has 4 aliphatic carbocycles. The van der Waals surface area contributed by atoms with Gasteiger partial charge in [-0.15, -0.1) is 0 Å². The minimum absolute atomic E-state index is 0.0903. The minimum Gasteiger partial charge on any atom is -0.493 e. The third kappa shape index (κ3) is 4.17. The fourth-order valence-electron chi connectivity index (χ4n) is 12.1. The van der Waals surface area contributed by atoms with E-state index in [-0.39, 0.29) is 24.9 Å². The van der Waals surface area contributed by atoms with Crippen LogP contribution in [-0.4, -0.2) is 109 Å². The van der Waals surface area contributed by atoms with Crippen LogP contribution in [0.5, 0.6) is 23.0 Å². The van der Waals surface area contributed by atoms with E-state index >= 15 is 0 Å². The molecule has 2 saturated heterocycles. The number of nitrogens with zero attached hydrogens (tertiary/aromatic N) is 2. The number of esters is 2. The van der Waals surface area contributed by atoms with Crippen LogP contribution in [0.15, 0.2) is 47.9 Å². The zero-order chi connectivity index (χ0) is 37.4. The number of carbonyl (C=O) groups excluding carboxylic acids is 2. The summed E-state index contributed by atoms with van der Waals surface area (Å²) in [6.07, 6.45) is 6.85. The van der Waals surface area contributed by atoms with Gasteiger partial charge in [-0.2, -0.15) is 0 Å². The molecule has 286 valence electrons. The number of likely N-dealkylation sites (tertiary alicyclic amines) is 2. The molecule has 2 aromatic carbocycles. The van der Waals surface area contributed by atoms with Gasteiger partial charge in [0.2, 0.25) is 0 Å². The zero-order valence-corrected chi connectivity index (χ0v) is 31.3. The van der Waals surface area contributed by atoms with Crippen molar-refractivity contribution in [2.24, 2.45) is 0 Å². The number of hydrogen-bond donors (Lipinski definition) is 2. The lowest BCUT2D eigenvalue weighted by atomic mass is 9.50. The van der Waals surface area contributed by atoms with Gasteiger partial charge in [-0.25, -0.2) is 0 Å². The van der Waals surface area contributed by atoms with Crippen molar-refractivity contribution >= 4 is 11.9 Å². The van der Waals surface area contributed by atoms with Crippen LogP contribution in [-0.2, 0) is 42.7 Å². The highest BCUT2D eigenvalue weighted by molar-refractivity contribution is 5.73. The molecular formula is C42H48N2O10. The number of unbranched alkanes of at least 4 members (excludes halogenated alkanes) is 1. The lowest BCUT2D eigenvalue weighted by Crippen LogP contribution is -2.74. The summed E-state index contributed by atoms with van der Waals surface area (Å²) in [5, 5.41) is 24.9. The molecule has 8 aliphatic rings. The molecule has 0 saturated carbocycles. The molecule has 2 N–H and O–H groups in total. The average molecular weight is 741 g/mol. The molecular weight excluding hydrogens is 692 g/mol. The number of benzene rings is 2. The molecule has 1 unspecified atom stereocenters. The second-order valence-electron chi connectivity index (χ2n) is 16.7. The van der Waals surface area contributed by atoms with E-state index in [4.69, 9.17) is 28.4 Å². The molecule has 10 rings (SSSR count). The predicted octanol–water partition coefficient (Wildman–Crippen LogP) is 3.61. The second kappa shape index (κ2) is 11.7. The molecule has 0 amide bonds. The van der Waals surface area contributed by atoms with E-state index in [1.54, 1.807) is 14.2 Å². The Bertz CT molecular complexity index is 1900. The fourth-order valence-corrected chi connectivity index (χ4v) is 12.1. The predicted molar refractivity (Wildman–Crippen MR) is 194 cm³/mol. The highest BCUT2D eigenvalue weighted by Gasteiger charge is 2.73. The van der Waals surface area contributed by atoms with Crippen molar-refractivity contribution < 1.29 is 48.2 Å². The first kappa shape index (κ1) is 34.4. The van der Waals surface area contributed by atoms with E-state index < -0.39 is 46.2 Å². The number of aliphatic hydroxyl groups is 2. The zero-order valence-electron chi connectivity index (χ0n) is 31.3. The highest BCUT2D eigenvalue weighted by atomic mass is 16.6. The third-order valence-electron chi connectivity index (χ3n) is 14.6. The largest absolute Gasteiger partial charge is 0.493 e. The molecule has 8 atom stereocenters. The molecule has 12 heteroatoms. The van der Waals surface area contributed by atoms with Crippen LogP contribution in [0.2, 0.25) is 0 Å². The standard InChI is InChI=1S/C42H48N2O10/c1-43-19-17-39-33-23-9-11-25(49-3)35(33)53-37(39)27(13-15-41(39,47)29(43)21-23)51-31(45)7-5-6-8-32(46)52-28-14-16-42(48)30-22-24-10-12-26(50-4)36-34(24)40(42,38(28)54-36)18-20-44(30)2/h9-14,29-30,37-38,47-48H,5-8,15-22H2,1-4H3/t29-,30-,37+,38+,39+,40?,41-,42-/m1/s1. The molecule has 2 aromatic rings. The molecule has 54 heavy (non-hydrogen) atoms. The minimum atomic E-state index is -1.08.